The molecule has 0 rings (SSSR count). The molecular weight excluding hydrogens is 213 g/mol. The average Bonchev–Trinajstić information content (AvgIpc) is 1.69. The third-order valence-corrected chi connectivity index (χ3v) is 0.879. The van der Waals surface area contributed by atoms with E-state index in [1.54, 1.807) is 0 Å². The Bertz CT molecular complexity index is 52.5. The van der Waals surface area contributed by atoms with Crippen LogP contribution in [-0.2, 0) is 0 Å². The molecule has 0 aliphatic rings. The Morgan fingerprint density at radius 3 is 2.50 bits per heavy atom. The zero-order chi connectivity index (χ0) is 5.54. The van der Waals surface area contributed by atoms with Crippen LogP contribution in [0.15, 0.2) is 0 Å². The summed E-state index contributed by atoms with van der Waals surface area (Å²) in [7, 11) is 0. The summed E-state index contributed by atoms with van der Waals surface area (Å²) in [6.45, 7) is 5.33. The lowest BCUT2D eigenvalue weighted by Crippen LogP contribution is -3.00. The first-order valence-corrected chi connectivity index (χ1v) is 2.93. The fraction of sp³-hybridized carbons (Fsp3) is 0.833. The van der Waals surface area contributed by atoms with E-state index < -0.39 is 0 Å². The molecule has 1 nitrogen and oxygen atoms in total. The Balaban J connectivity index is 0. The highest BCUT2D eigenvalue weighted by Gasteiger charge is 1.78. The van der Waals surface area contributed by atoms with Gasteiger partial charge in [-0.25, -0.2) is 0 Å². The summed E-state index contributed by atoms with van der Waals surface area (Å²) in [5, 5.41) is 0. The van der Waals surface area contributed by atoms with Crippen molar-refractivity contribution in [3.8, 4) is 0 Å². The van der Waals surface area contributed by atoms with Gasteiger partial charge in [0.25, 0.3) is 0 Å². The van der Waals surface area contributed by atoms with Crippen LogP contribution >= 0.6 is 0 Å². The number of hydrogen-bond acceptors (Lipinski definition) is 0. The summed E-state index contributed by atoms with van der Waals surface area (Å²) < 4.78 is 0. The lowest BCUT2D eigenvalue weighted by molar-refractivity contribution is -0.452. The van der Waals surface area contributed by atoms with Gasteiger partial charge in [0.2, 0.25) is 0 Å². The van der Waals surface area contributed by atoms with Crippen LogP contribution in [-0.4, -0.2) is 12.8 Å². The van der Waals surface area contributed by atoms with Gasteiger partial charge in [-0.3, -0.25) is 4.99 Å². The van der Waals surface area contributed by atoms with Crippen LogP contribution in [0.3, 0.4) is 0 Å². The van der Waals surface area contributed by atoms with Crippen molar-refractivity contribution >= 4 is 6.21 Å². The first-order valence-electron chi connectivity index (χ1n) is 2.93. The van der Waals surface area contributed by atoms with Crippen LogP contribution in [0.5, 0.6) is 0 Å². The van der Waals surface area contributed by atoms with Gasteiger partial charge in [0.1, 0.15) is 12.8 Å². The van der Waals surface area contributed by atoms with Gasteiger partial charge in [-0.05, 0) is 0 Å². The van der Waals surface area contributed by atoms with E-state index in [0.29, 0.717) is 0 Å². The maximum absolute atomic E-state index is 3.12. The Hall–Kier alpha value is 0.400. The van der Waals surface area contributed by atoms with E-state index in [0.717, 1.165) is 6.54 Å². The third kappa shape index (κ3) is 9.64. The van der Waals surface area contributed by atoms with Crippen LogP contribution in [0.25, 0.3) is 0 Å². The van der Waals surface area contributed by atoms with Gasteiger partial charge in [0.15, 0.2) is 0 Å². The molecule has 0 aliphatic heterocycles. The number of halogens is 1. The first kappa shape index (κ1) is 11.2. The van der Waals surface area contributed by atoms with Crippen molar-refractivity contribution in [3.63, 3.8) is 0 Å². The van der Waals surface area contributed by atoms with E-state index in [1.807, 2.05) is 13.1 Å². The van der Waals surface area contributed by atoms with Crippen LogP contribution in [0.2, 0.25) is 0 Å². The summed E-state index contributed by atoms with van der Waals surface area (Å²) in [4.78, 5) is 3.12. The van der Waals surface area contributed by atoms with Crippen LogP contribution < -0.4 is 29.0 Å². The molecular formula is C6H14IN. The molecule has 8 heavy (non-hydrogen) atoms. The molecule has 0 amide bonds. The molecule has 0 atom stereocenters. The highest BCUT2D eigenvalue weighted by molar-refractivity contribution is 5.45. The second-order valence-corrected chi connectivity index (χ2v) is 1.60. The molecule has 0 spiro atoms. The maximum Gasteiger partial charge on any atom is 0.140 e. The Labute approximate surface area is 68.6 Å². The molecule has 0 aromatic rings. The molecule has 0 fully saturated rings. The number of nitrogens with one attached hydrogen (secondary N) is 1. The van der Waals surface area contributed by atoms with Crippen LogP contribution in [0, 0.1) is 0 Å². The van der Waals surface area contributed by atoms with E-state index in [1.165, 1.54) is 12.8 Å². The fourth-order valence-electron chi connectivity index (χ4n) is 0.423. The molecule has 0 aliphatic carbocycles. The van der Waals surface area contributed by atoms with Crippen LogP contribution in [0.4, 0.5) is 0 Å². The van der Waals surface area contributed by atoms with E-state index in [2.05, 4.69) is 11.9 Å². The summed E-state index contributed by atoms with van der Waals surface area (Å²) in [6, 6.07) is 0. The molecule has 2 heteroatoms. The summed E-state index contributed by atoms with van der Waals surface area (Å²) in [5.41, 5.74) is 0. The van der Waals surface area contributed by atoms with Gasteiger partial charge in [-0.15, -0.1) is 0 Å². The van der Waals surface area contributed by atoms with E-state index >= 15 is 0 Å². The Kier molecular flexibility index (Phi) is 14.6. The van der Waals surface area contributed by atoms with E-state index in [4.69, 9.17) is 0 Å². The monoisotopic (exact) mass is 227 g/mol. The first-order chi connectivity index (χ1) is 3.41. The van der Waals surface area contributed by atoms with Crippen molar-refractivity contribution in [2.24, 2.45) is 0 Å². The molecule has 1 N–H and O–H groups in total. The second-order valence-electron chi connectivity index (χ2n) is 1.60. The number of hydrogen-bond donors (Lipinski definition) is 1. The largest absolute Gasteiger partial charge is 1.00 e. The predicted octanol–water partition coefficient (Wildman–Crippen LogP) is -3.04. The van der Waals surface area contributed by atoms with Crippen molar-refractivity contribution in [3.05, 3.63) is 0 Å². The van der Waals surface area contributed by atoms with Crippen molar-refractivity contribution in [2.45, 2.75) is 26.7 Å². The number of rotatable bonds is 3. The smallest absolute Gasteiger partial charge is 0.140 e. The van der Waals surface area contributed by atoms with Crippen molar-refractivity contribution in [1.82, 2.24) is 0 Å². The standard InChI is InChI=1S/C6H13N.HI/c1-3-5-6-7-4-2;/h4H,3,5-6H2,1-2H3;1H. The fourth-order valence-corrected chi connectivity index (χ4v) is 0.423. The van der Waals surface area contributed by atoms with Crippen molar-refractivity contribution in [2.75, 3.05) is 6.54 Å². The summed E-state index contributed by atoms with van der Waals surface area (Å²) in [5.74, 6) is 0. The maximum atomic E-state index is 3.12. The molecule has 0 aromatic carbocycles. The highest BCUT2D eigenvalue weighted by Crippen LogP contribution is 1.76. The minimum Gasteiger partial charge on any atom is -1.00 e. The van der Waals surface area contributed by atoms with Gasteiger partial charge in [-0.2, -0.15) is 0 Å². The van der Waals surface area contributed by atoms with Crippen LogP contribution in [0.1, 0.15) is 26.7 Å². The molecule has 0 saturated heterocycles. The summed E-state index contributed by atoms with van der Waals surface area (Å²) >= 11 is 0. The molecule has 0 radical (unpaired) electrons. The zero-order valence-corrected chi connectivity index (χ0v) is 7.73. The van der Waals surface area contributed by atoms with Gasteiger partial charge in [0.05, 0.1) is 0 Å². The minimum absolute atomic E-state index is 0. The van der Waals surface area contributed by atoms with E-state index in [-0.39, 0.29) is 24.0 Å². The van der Waals surface area contributed by atoms with Crippen molar-refractivity contribution in [1.29, 1.82) is 0 Å². The zero-order valence-electron chi connectivity index (χ0n) is 5.58. The normalized spacial score (nSPS) is 9.25. The lowest BCUT2D eigenvalue weighted by Gasteiger charge is -1.79. The highest BCUT2D eigenvalue weighted by atomic mass is 127. The topological polar surface area (TPSA) is 14.0 Å². The van der Waals surface area contributed by atoms with Crippen molar-refractivity contribution < 1.29 is 29.0 Å². The molecule has 50 valence electrons. The van der Waals surface area contributed by atoms with Gasteiger partial charge >= 0.3 is 0 Å². The van der Waals surface area contributed by atoms with Gasteiger partial charge < -0.3 is 24.0 Å². The second kappa shape index (κ2) is 10.4. The third-order valence-electron chi connectivity index (χ3n) is 0.879. The van der Waals surface area contributed by atoms with Gasteiger partial charge in [-0.1, -0.05) is 13.3 Å². The molecule has 0 aromatic heterocycles. The quantitative estimate of drug-likeness (QED) is 0.299. The number of unbranched alkanes of at least 4 members (excludes halogenated alkanes) is 1. The Morgan fingerprint density at radius 2 is 2.12 bits per heavy atom. The molecule has 0 saturated carbocycles. The Morgan fingerprint density at radius 1 is 1.50 bits per heavy atom. The molecule has 0 unspecified atom stereocenters. The van der Waals surface area contributed by atoms with E-state index in [9.17, 15) is 0 Å². The summed E-state index contributed by atoms with van der Waals surface area (Å²) in [6.07, 6.45) is 4.54. The predicted molar refractivity (Wildman–Crippen MR) is 32.5 cm³/mol. The molecule has 0 heterocycles. The minimum atomic E-state index is 0. The molecule has 0 bridgehead atoms. The SMILES string of the molecule is CC=[NH+]CCCC.[I-]. The average molecular weight is 227 g/mol. The lowest BCUT2D eigenvalue weighted by atomic mass is 10.3. The van der Waals surface area contributed by atoms with Gasteiger partial charge in [0, 0.05) is 13.3 Å².